The highest BCUT2D eigenvalue weighted by Gasteiger charge is 2.26. The van der Waals surface area contributed by atoms with Crippen molar-refractivity contribution in [2.45, 2.75) is 32.7 Å². The Kier molecular flexibility index (Phi) is 5.37. The molecule has 0 aliphatic carbocycles. The number of rotatable bonds is 4. The van der Waals surface area contributed by atoms with Gasteiger partial charge in [0.2, 0.25) is 5.91 Å². The number of amides is 1. The zero-order chi connectivity index (χ0) is 15.4. The van der Waals surface area contributed by atoms with E-state index in [9.17, 15) is 4.79 Å². The van der Waals surface area contributed by atoms with E-state index in [1.165, 1.54) is 11.1 Å². The number of carbonyl (C=O) groups excluding carboxylic acids is 1. The Morgan fingerprint density at radius 3 is 2.81 bits per heavy atom. The molecule has 21 heavy (non-hydrogen) atoms. The van der Waals surface area contributed by atoms with Crippen molar-refractivity contribution in [2.75, 3.05) is 33.3 Å². The van der Waals surface area contributed by atoms with E-state index in [0.717, 1.165) is 31.6 Å². The normalized spacial score (nSPS) is 19.8. The van der Waals surface area contributed by atoms with Crippen molar-refractivity contribution >= 4 is 5.91 Å². The van der Waals surface area contributed by atoms with Crippen LogP contribution < -0.4 is 0 Å². The van der Waals surface area contributed by atoms with Gasteiger partial charge in [-0.2, -0.15) is 0 Å². The lowest BCUT2D eigenvalue weighted by Crippen LogP contribution is -2.53. The lowest BCUT2D eigenvalue weighted by atomic mass is 10.0. The summed E-state index contributed by atoms with van der Waals surface area (Å²) in [4.78, 5) is 16.7. The lowest BCUT2D eigenvalue weighted by Gasteiger charge is -2.39. The second-order valence-corrected chi connectivity index (χ2v) is 6.09. The van der Waals surface area contributed by atoms with Gasteiger partial charge in [-0.3, -0.25) is 9.69 Å². The number of aliphatic hydroxyl groups excluding tert-OH is 1. The molecule has 1 aromatic carbocycles. The molecule has 1 atom stereocenters. The fraction of sp³-hybridized carbons (Fsp3) is 0.588. The van der Waals surface area contributed by atoms with Gasteiger partial charge < -0.3 is 10.0 Å². The number of likely N-dealkylation sites (N-methyl/N-ethyl adjacent to an activating group) is 1. The van der Waals surface area contributed by atoms with Gasteiger partial charge in [0.1, 0.15) is 0 Å². The van der Waals surface area contributed by atoms with Gasteiger partial charge in [0.25, 0.3) is 0 Å². The van der Waals surface area contributed by atoms with Gasteiger partial charge in [0.15, 0.2) is 0 Å². The number of aryl methyl sites for hydroxylation is 2. The standard InChI is InChI=1S/C17H26N2O2/c1-13-4-5-14(2)15(10-13)11-17(21)19-8-7-18(3)16(12-19)6-9-20/h4-5,10,16,20H,6-9,11-12H2,1-3H3/t16-/m0/s1. The van der Waals surface area contributed by atoms with E-state index < -0.39 is 0 Å². The maximum absolute atomic E-state index is 12.5. The summed E-state index contributed by atoms with van der Waals surface area (Å²) >= 11 is 0. The molecule has 0 aromatic heterocycles. The molecule has 1 aliphatic rings. The predicted octanol–water partition coefficient (Wildman–Crippen LogP) is 1.37. The highest BCUT2D eigenvalue weighted by molar-refractivity contribution is 5.79. The monoisotopic (exact) mass is 290 g/mol. The molecule has 4 heteroatoms. The third kappa shape index (κ3) is 4.05. The molecule has 4 nitrogen and oxygen atoms in total. The Hall–Kier alpha value is -1.39. The molecule has 1 aromatic rings. The Morgan fingerprint density at radius 2 is 2.10 bits per heavy atom. The highest BCUT2D eigenvalue weighted by Crippen LogP contribution is 2.15. The van der Waals surface area contributed by atoms with Gasteiger partial charge in [0, 0.05) is 32.3 Å². The summed E-state index contributed by atoms with van der Waals surface area (Å²) in [5.74, 6) is 0.194. The maximum Gasteiger partial charge on any atom is 0.227 e. The van der Waals surface area contributed by atoms with Crippen LogP contribution in [0.3, 0.4) is 0 Å². The molecule has 0 unspecified atom stereocenters. The zero-order valence-corrected chi connectivity index (χ0v) is 13.3. The number of hydrogen-bond donors (Lipinski definition) is 1. The molecular weight excluding hydrogens is 264 g/mol. The fourth-order valence-electron chi connectivity index (χ4n) is 2.90. The number of hydrogen-bond acceptors (Lipinski definition) is 3. The van der Waals surface area contributed by atoms with Crippen LogP contribution in [-0.2, 0) is 11.2 Å². The molecule has 1 N–H and O–H groups in total. The second kappa shape index (κ2) is 7.05. The quantitative estimate of drug-likeness (QED) is 0.911. The van der Waals surface area contributed by atoms with Crippen molar-refractivity contribution in [3.63, 3.8) is 0 Å². The van der Waals surface area contributed by atoms with Gasteiger partial charge in [-0.25, -0.2) is 0 Å². The minimum Gasteiger partial charge on any atom is -0.396 e. The molecule has 1 amide bonds. The Labute approximate surface area is 127 Å². The van der Waals surface area contributed by atoms with Crippen LogP contribution in [0.1, 0.15) is 23.1 Å². The average Bonchev–Trinajstić information content (AvgIpc) is 2.45. The van der Waals surface area contributed by atoms with Crippen LogP contribution in [0.15, 0.2) is 18.2 Å². The average molecular weight is 290 g/mol. The van der Waals surface area contributed by atoms with Gasteiger partial charge in [-0.05, 0) is 38.4 Å². The van der Waals surface area contributed by atoms with Crippen LogP contribution in [0.4, 0.5) is 0 Å². The maximum atomic E-state index is 12.5. The van der Waals surface area contributed by atoms with Crippen molar-refractivity contribution in [2.24, 2.45) is 0 Å². The van der Waals surface area contributed by atoms with Crippen molar-refractivity contribution < 1.29 is 9.90 Å². The molecule has 1 saturated heterocycles. The van der Waals surface area contributed by atoms with E-state index in [1.807, 2.05) is 4.90 Å². The molecule has 2 rings (SSSR count). The minimum atomic E-state index is 0.175. The third-order valence-electron chi connectivity index (χ3n) is 4.44. The molecule has 1 heterocycles. The third-order valence-corrected chi connectivity index (χ3v) is 4.44. The van der Waals surface area contributed by atoms with Crippen molar-refractivity contribution in [3.8, 4) is 0 Å². The molecule has 1 aliphatic heterocycles. The van der Waals surface area contributed by atoms with Crippen LogP contribution in [-0.4, -0.2) is 60.1 Å². The van der Waals surface area contributed by atoms with E-state index in [-0.39, 0.29) is 18.6 Å². The van der Waals surface area contributed by atoms with Crippen molar-refractivity contribution in [1.82, 2.24) is 9.80 Å². The SMILES string of the molecule is Cc1ccc(C)c(CC(=O)N2CCN(C)[C@@H](CCO)C2)c1. The van der Waals surface area contributed by atoms with E-state index in [1.54, 1.807) is 0 Å². The number of carbonyl (C=O) groups is 1. The summed E-state index contributed by atoms with van der Waals surface area (Å²) in [6, 6.07) is 6.54. The zero-order valence-electron chi connectivity index (χ0n) is 13.3. The van der Waals surface area contributed by atoms with E-state index in [4.69, 9.17) is 5.11 Å². The Morgan fingerprint density at radius 1 is 1.33 bits per heavy atom. The van der Waals surface area contributed by atoms with Crippen LogP contribution in [0, 0.1) is 13.8 Å². The second-order valence-electron chi connectivity index (χ2n) is 6.09. The van der Waals surface area contributed by atoms with Crippen LogP contribution >= 0.6 is 0 Å². The summed E-state index contributed by atoms with van der Waals surface area (Å²) in [5.41, 5.74) is 3.49. The molecule has 0 saturated carbocycles. The summed E-state index contributed by atoms with van der Waals surface area (Å²) in [6.07, 6.45) is 1.20. The van der Waals surface area contributed by atoms with Gasteiger partial charge in [0.05, 0.1) is 6.42 Å². The van der Waals surface area contributed by atoms with Crippen molar-refractivity contribution in [1.29, 1.82) is 0 Å². The molecule has 0 bridgehead atoms. The van der Waals surface area contributed by atoms with Crippen LogP contribution in [0.25, 0.3) is 0 Å². The number of piperazine rings is 1. The number of benzene rings is 1. The summed E-state index contributed by atoms with van der Waals surface area (Å²) < 4.78 is 0. The predicted molar refractivity (Wildman–Crippen MR) is 84.3 cm³/mol. The topological polar surface area (TPSA) is 43.8 Å². The molecule has 0 spiro atoms. The molecule has 1 fully saturated rings. The van der Waals surface area contributed by atoms with E-state index in [0.29, 0.717) is 6.42 Å². The smallest absolute Gasteiger partial charge is 0.227 e. The molecular formula is C17H26N2O2. The Balaban J connectivity index is 2.01. The Bertz CT molecular complexity index is 502. The first-order valence-electron chi connectivity index (χ1n) is 7.66. The molecule has 116 valence electrons. The lowest BCUT2D eigenvalue weighted by molar-refractivity contribution is -0.133. The first kappa shape index (κ1) is 16.0. The summed E-state index contributed by atoms with van der Waals surface area (Å²) in [6.45, 7) is 6.67. The first-order valence-corrected chi connectivity index (χ1v) is 7.66. The number of aliphatic hydroxyl groups is 1. The largest absolute Gasteiger partial charge is 0.396 e. The molecule has 0 radical (unpaired) electrons. The van der Waals surface area contributed by atoms with Crippen LogP contribution in [0.2, 0.25) is 0 Å². The van der Waals surface area contributed by atoms with Crippen molar-refractivity contribution in [3.05, 3.63) is 34.9 Å². The highest BCUT2D eigenvalue weighted by atomic mass is 16.3. The van der Waals surface area contributed by atoms with Gasteiger partial charge >= 0.3 is 0 Å². The fourth-order valence-corrected chi connectivity index (χ4v) is 2.90. The first-order chi connectivity index (χ1) is 10.0. The number of nitrogens with zero attached hydrogens (tertiary/aromatic N) is 2. The van der Waals surface area contributed by atoms with Gasteiger partial charge in [-0.15, -0.1) is 0 Å². The summed E-state index contributed by atoms with van der Waals surface area (Å²) in [5, 5.41) is 9.13. The van der Waals surface area contributed by atoms with E-state index >= 15 is 0 Å². The van der Waals surface area contributed by atoms with Gasteiger partial charge in [-0.1, -0.05) is 23.8 Å². The van der Waals surface area contributed by atoms with E-state index in [2.05, 4.69) is 44.0 Å². The minimum absolute atomic E-state index is 0.175. The van der Waals surface area contributed by atoms with Crippen LogP contribution in [0.5, 0.6) is 0 Å². The summed E-state index contributed by atoms with van der Waals surface area (Å²) in [7, 11) is 2.06.